The molecule has 126 valence electrons. The number of rotatable bonds is 6. The van der Waals surface area contributed by atoms with Crippen LogP contribution in [0.2, 0.25) is 0 Å². The molecule has 1 saturated heterocycles. The van der Waals surface area contributed by atoms with Gasteiger partial charge in [-0.25, -0.2) is 4.68 Å². The molecule has 9 nitrogen and oxygen atoms in total. The number of thioether (sulfide) groups is 1. The fraction of sp³-hybridized carbons (Fsp3) is 0.769. The monoisotopic (exact) mass is 340 g/mol. The highest BCUT2D eigenvalue weighted by molar-refractivity contribution is 7.99. The highest BCUT2D eigenvalue weighted by Crippen LogP contribution is 2.25. The zero-order chi connectivity index (χ0) is 16.1. The van der Waals surface area contributed by atoms with Crippen molar-refractivity contribution in [3.8, 4) is 0 Å². The van der Waals surface area contributed by atoms with E-state index in [2.05, 4.69) is 26.4 Å². The molecule has 0 unspecified atom stereocenters. The minimum atomic E-state index is -0.283. The summed E-state index contributed by atoms with van der Waals surface area (Å²) in [5.41, 5.74) is 4.88. The Hall–Kier alpha value is -1.68. The molecule has 1 aromatic heterocycles. The van der Waals surface area contributed by atoms with Gasteiger partial charge in [0.25, 0.3) is 0 Å². The Labute approximate surface area is 137 Å². The molecule has 2 heterocycles. The Morgan fingerprint density at radius 3 is 2.83 bits per heavy atom. The maximum Gasteiger partial charge on any atom is 0.248 e. The second kappa shape index (κ2) is 7.73. The molecule has 2 aliphatic rings. The minimum absolute atomic E-state index is 0.0432. The topological polar surface area (TPSA) is 111 Å². The molecule has 23 heavy (non-hydrogen) atoms. The molecule has 0 spiro atoms. The lowest BCUT2D eigenvalue weighted by atomic mass is 9.85. The molecule has 3 rings (SSSR count). The third kappa shape index (κ3) is 4.41. The molecule has 1 atom stereocenters. The van der Waals surface area contributed by atoms with E-state index in [1.165, 1.54) is 11.8 Å². The van der Waals surface area contributed by atoms with Gasteiger partial charge in [0.2, 0.25) is 17.0 Å². The number of tetrazole rings is 1. The molecule has 0 aromatic carbocycles. The van der Waals surface area contributed by atoms with Crippen molar-refractivity contribution in [2.75, 3.05) is 12.4 Å². The lowest BCUT2D eigenvalue weighted by molar-refractivity contribution is -0.132. The van der Waals surface area contributed by atoms with Crippen LogP contribution in [0, 0.1) is 5.92 Å². The number of nitrogens with zero attached hydrogens (tertiary/aromatic N) is 4. The zero-order valence-corrected chi connectivity index (χ0v) is 13.5. The molecule has 0 radical (unpaired) electrons. The molecule has 10 heteroatoms. The van der Waals surface area contributed by atoms with Gasteiger partial charge in [0.15, 0.2) is 0 Å². The lowest BCUT2D eigenvalue weighted by Gasteiger charge is -2.23. The van der Waals surface area contributed by atoms with E-state index in [0.717, 1.165) is 38.7 Å². The van der Waals surface area contributed by atoms with Crippen LogP contribution < -0.4 is 10.9 Å². The van der Waals surface area contributed by atoms with Crippen LogP contribution >= 0.6 is 11.8 Å². The van der Waals surface area contributed by atoms with Crippen LogP contribution in [0.15, 0.2) is 5.16 Å². The summed E-state index contributed by atoms with van der Waals surface area (Å²) in [6, 6.07) is 0. The quantitative estimate of drug-likeness (QED) is 0.549. The summed E-state index contributed by atoms with van der Waals surface area (Å²) < 4.78 is 7.21. The van der Waals surface area contributed by atoms with Crippen molar-refractivity contribution in [3.05, 3.63) is 0 Å². The second-order valence-electron chi connectivity index (χ2n) is 5.73. The predicted octanol–water partition coefficient (Wildman–Crippen LogP) is -0.108. The molecule has 0 bridgehead atoms. The van der Waals surface area contributed by atoms with E-state index in [9.17, 15) is 9.59 Å². The third-order valence-corrected chi connectivity index (χ3v) is 4.99. The molecule has 2 amide bonds. The molecule has 1 aromatic rings. The average Bonchev–Trinajstić information content (AvgIpc) is 3.13. The van der Waals surface area contributed by atoms with Gasteiger partial charge in [0, 0.05) is 12.5 Å². The van der Waals surface area contributed by atoms with Gasteiger partial charge in [-0.15, -0.1) is 5.10 Å². The number of hydrazine groups is 1. The van der Waals surface area contributed by atoms with Gasteiger partial charge in [0.05, 0.1) is 18.4 Å². The van der Waals surface area contributed by atoms with Gasteiger partial charge in [-0.05, 0) is 36.1 Å². The first-order chi connectivity index (χ1) is 11.2. The van der Waals surface area contributed by atoms with E-state index >= 15 is 0 Å². The summed E-state index contributed by atoms with van der Waals surface area (Å²) in [6.45, 7) is 1.37. The van der Waals surface area contributed by atoms with E-state index in [1.54, 1.807) is 4.68 Å². The molecular weight excluding hydrogens is 320 g/mol. The maximum absolute atomic E-state index is 11.8. The van der Waals surface area contributed by atoms with Crippen molar-refractivity contribution in [1.82, 2.24) is 31.1 Å². The highest BCUT2D eigenvalue weighted by atomic mass is 32.2. The van der Waals surface area contributed by atoms with Gasteiger partial charge in [-0.3, -0.25) is 20.4 Å². The predicted molar refractivity (Wildman–Crippen MR) is 81.1 cm³/mol. The van der Waals surface area contributed by atoms with Crippen LogP contribution in [0.25, 0.3) is 0 Å². The molecule has 1 aliphatic carbocycles. The van der Waals surface area contributed by atoms with Crippen LogP contribution in [-0.4, -0.2) is 50.5 Å². The van der Waals surface area contributed by atoms with Crippen LogP contribution in [0.4, 0.5) is 0 Å². The Morgan fingerprint density at radius 1 is 1.26 bits per heavy atom. The SMILES string of the molecule is O=C(CSc1nnnn1C[C@H]1CCCO1)NNC(=O)C1CCC1. The number of hydrogen-bond acceptors (Lipinski definition) is 7. The fourth-order valence-corrected chi connectivity index (χ4v) is 3.15. The lowest BCUT2D eigenvalue weighted by Crippen LogP contribution is -2.46. The molecule has 2 fully saturated rings. The number of amides is 2. The Balaban J connectivity index is 1.40. The summed E-state index contributed by atoms with van der Waals surface area (Å²) in [7, 11) is 0. The van der Waals surface area contributed by atoms with Crippen LogP contribution in [-0.2, 0) is 20.9 Å². The van der Waals surface area contributed by atoms with Crippen molar-refractivity contribution >= 4 is 23.6 Å². The van der Waals surface area contributed by atoms with Gasteiger partial charge in [-0.2, -0.15) is 0 Å². The van der Waals surface area contributed by atoms with Gasteiger partial charge in [0.1, 0.15) is 0 Å². The molecular formula is C13H20N6O3S. The van der Waals surface area contributed by atoms with Crippen LogP contribution in [0.5, 0.6) is 0 Å². The fourth-order valence-electron chi connectivity index (χ4n) is 2.47. The number of nitrogens with one attached hydrogen (secondary N) is 2. The number of ether oxygens (including phenoxy) is 1. The van der Waals surface area contributed by atoms with Gasteiger partial charge >= 0.3 is 0 Å². The highest BCUT2D eigenvalue weighted by Gasteiger charge is 2.25. The first kappa shape index (κ1) is 16.2. The standard InChI is InChI=1S/C13H20N6O3S/c20-11(14-15-12(21)9-3-1-4-9)8-23-13-16-17-18-19(13)7-10-5-2-6-22-10/h9-10H,1-8H2,(H,14,20)(H,15,21)/t10-/m1/s1. The number of carbonyl (C=O) groups excluding carboxylic acids is 2. The van der Waals surface area contributed by atoms with Crippen LogP contribution in [0.1, 0.15) is 32.1 Å². The third-order valence-electron chi connectivity index (χ3n) is 4.03. The largest absolute Gasteiger partial charge is 0.376 e. The normalized spacial score (nSPS) is 21.0. The second-order valence-corrected chi connectivity index (χ2v) is 6.68. The zero-order valence-electron chi connectivity index (χ0n) is 12.7. The summed E-state index contributed by atoms with van der Waals surface area (Å²) in [5, 5.41) is 12.1. The average molecular weight is 340 g/mol. The van der Waals surface area contributed by atoms with E-state index in [1.807, 2.05) is 0 Å². The van der Waals surface area contributed by atoms with E-state index in [4.69, 9.17) is 4.74 Å². The Kier molecular flexibility index (Phi) is 5.44. The van der Waals surface area contributed by atoms with Crippen molar-refractivity contribution in [3.63, 3.8) is 0 Å². The summed E-state index contributed by atoms with van der Waals surface area (Å²) >= 11 is 1.23. The van der Waals surface area contributed by atoms with E-state index in [-0.39, 0.29) is 29.6 Å². The Bertz CT molecular complexity index is 556. The number of carbonyl (C=O) groups is 2. The first-order valence-electron chi connectivity index (χ1n) is 7.81. The molecule has 1 aliphatic heterocycles. The minimum Gasteiger partial charge on any atom is -0.376 e. The molecule has 2 N–H and O–H groups in total. The van der Waals surface area contributed by atoms with Crippen molar-refractivity contribution in [1.29, 1.82) is 0 Å². The summed E-state index contributed by atoms with van der Waals surface area (Å²) in [5.74, 6) is -0.217. The van der Waals surface area contributed by atoms with Crippen LogP contribution in [0.3, 0.4) is 0 Å². The maximum atomic E-state index is 11.8. The smallest absolute Gasteiger partial charge is 0.248 e. The van der Waals surface area contributed by atoms with E-state index in [0.29, 0.717) is 11.7 Å². The number of aromatic nitrogens is 4. The van der Waals surface area contributed by atoms with Crippen molar-refractivity contribution in [2.24, 2.45) is 5.92 Å². The molecule has 1 saturated carbocycles. The Morgan fingerprint density at radius 2 is 2.13 bits per heavy atom. The van der Waals surface area contributed by atoms with Gasteiger partial charge < -0.3 is 4.74 Å². The van der Waals surface area contributed by atoms with E-state index < -0.39 is 0 Å². The van der Waals surface area contributed by atoms with Gasteiger partial charge in [-0.1, -0.05) is 18.2 Å². The summed E-state index contributed by atoms with van der Waals surface area (Å²) in [6.07, 6.45) is 5.06. The summed E-state index contributed by atoms with van der Waals surface area (Å²) in [4.78, 5) is 23.4. The first-order valence-corrected chi connectivity index (χ1v) is 8.80. The van der Waals surface area contributed by atoms with Crippen molar-refractivity contribution < 1.29 is 14.3 Å². The van der Waals surface area contributed by atoms with Crippen molar-refractivity contribution in [2.45, 2.75) is 49.9 Å². The number of hydrogen-bond donors (Lipinski definition) is 2.